The lowest BCUT2D eigenvalue weighted by atomic mass is 10.3. The van der Waals surface area contributed by atoms with Crippen LogP contribution in [0.1, 0.15) is 35.0 Å². The van der Waals surface area contributed by atoms with Gasteiger partial charge in [0.05, 0.1) is 6.04 Å². The van der Waals surface area contributed by atoms with Crippen molar-refractivity contribution in [3.63, 3.8) is 0 Å². The molecule has 0 saturated heterocycles. The highest BCUT2D eigenvalue weighted by Crippen LogP contribution is 2.19. The number of hydrogen-bond acceptors (Lipinski definition) is 5. The van der Waals surface area contributed by atoms with E-state index in [4.69, 9.17) is 8.83 Å². The van der Waals surface area contributed by atoms with Gasteiger partial charge in [-0.1, -0.05) is 0 Å². The number of aldehydes is 1. The third kappa shape index (κ3) is 2.94. The molecule has 0 amide bonds. The average Bonchev–Trinajstić information content (AvgIpc) is 2.96. The van der Waals surface area contributed by atoms with Crippen LogP contribution in [0.25, 0.3) is 0 Å². The highest BCUT2D eigenvalue weighted by atomic mass is 32.2. The standard InChI is InChI=1S/C12H13NO5S/c1-8-3-5-11(17-8)9(2)13-19(15,16)12-6-4-10(7-14)18-12/h3-7,9,13H,1-2H3. The van der Waals surface area contributed by atoms with Gasteiger partial charge >= 0.3 is 0 Å². The quantitative estimate of drug-likeness (QED) is 0.848. The minimum absolute atomic E-state index is 0.0399. The van der Waals surface area contributed by atoms with E-state index in [-0.39, 0.29) is 10.9 Å². The molecule has 2 heterocycles. The average molecular weight is 283 g/mol. The van der Waals surface area contributed by atoms with Gasteiger partial charge in [0.15, 0.2) is 12.0 Å². The summed E-state index contributed by atoms with van der Waals surface area (Å²) in [6, 6.07) is 5.43. The summed E-state index contributed by atoms with van der Waals surface area (Å²) in [5.41, 5.74) is 0. The van der Waals surface area contributed by atoms with Crippen LogP contribution >= 0.6 is 0 Å². The third-order valence-electron chi connectivity index (χ3n) is 2.50. The molecule has 0 aliphatic rings. The molecular formula is C12H13NO5S. The largest absolute Gasteiger partial charge is 0.465 e. The molecule has 0 fully saturated rings. The molecule has 0 aliphatic carbocycles. The van der Waals surface area contributed by atoms with E-state index in [1.165, 1.54) is 12.1 Å². The summed E-state index contributed by atoms with van der Waals surface area (Å²) in [7, 11) is -3.82. The van der Waals surface area contributed by atoms with Crippen molar-refractivity contribution in [2.45, 2.75) is 25.0 Å². The second-order valence-electron chi connectivity index (χ2n) is 4.07. The molecule has 2 aromatic rings. The Morgan fingerprint density at radius 3 is 2.47 bits per heavy atom. The molecule has 0 aromatic carbocycles. The zero-order chi connectivity index (χ0) is 14.0. The molecule has 0 bridgehead atoms. The van der Waals surface area contributed by atoms with Crippen LogP contribution in [0.3, 0.4) is 0 Å². The molecule has 19 heavy (non-hydrogen) atoms. The summed E-state index contributed by atoms with van der Waals surface area (Å²) >= 11 is 0. The van der Waals surface area contributed by atoms with Crippen molar-refractivity contribution in [1.29, 1.82) is 0 Å². The molecule has 1 unspecified atom stereocenters. The van der Waals surface area contributed by atoms with Gasteiger partial charge in [0.1, 0.15) is 11.5 Å². The first kappa shape index (κ1) is 13.6. The van der Waals surface area contributed by atoms with Gasteiger partial charge in [0.25, 0.3) is 10.0 Å². The molecule has 0 saturated carbocycles. The summed E-state index contributed by atoms with van der Waals surface area (Å²) in [6.07, 6.45) is 0.443. The molecule has 1 atom stereocenters. The van der Waals surface area contributed by atoms with E-state index in [1.807, 2.05) is 0 Å². The fraction of sp³-hybridized carbons (Fsp3) is 0.250. The Kier molecular flexibility index (Phi) is 3.59. The van der Waals surface area contributed by atoms with Crippen molar-refractivity contribution in [2.24, 2.45) is 0 Å². The smallest absolute Gasteiger partial charge is 0.274 e. The third-order valence-corrected chi connectivity index (χ3v) is 3.92. The molecule has 0 radical (unpaired) electrons. The van der Waals surface area contributed by atoms with E-state index in [1.54, 1.807) is 26.0 Å². The second-order valence-corrected chi connectivity index (χ2v) is 5.71. The zero-order valence-electron chi connectivity index (χ0n) is 10.4. The molecule has 1 N–H and O–H groups in total. The molecule has 0 aliphatic heterocycles. The van der Waals surface area contributed by atoms with Gasteiger partial charge in [-0.25, -0.2) is 8.42 Å². The van der Waals surface area contributed by atoms with Gasteiger partial charge in [-0.3, -0.25) is 4.79 Å². The lowest BCUT2D eigenvalue weighted by Gasteiger charge is -2.10. The number of sulfonamides is 1. The van der Waals surface area contributed by atoms with Crippen molar-refractivity contribution in [3.05, 3.63) is 41.5 Å². The second kappa shape index (κ2) is 5.02. The van der Waals surface area contributed by atoms with E-state index in [9.17, 15) is 13.2 Å². The van der Waals surface area contributed by atoms with Gasteiger partial charge < -0.3 is 8.83 Å². The Balaban J connectivity index is 2.19. The lowest BCUT2D eigenvalue weighted by Crippen LogP contribution is -2.26. The normalized spacial score (nSPS) is 13.4. The lowest BCUT2D eigenvalue weighted by molar-refractivity contribution is 0.109. The van der Waals surface area contributed by atoms with Crippen LogP contribution in [0.15, 0.2) is 38.2 Å². The van der Waals surface area contributed by atoms with Gasteiger partial charge in [0, 0.05) is 0 Å². The number of rotatable bonds is 5. The first-order valence-electron chi connectivity index (χ1n) is 5.56. The van der Waals surface area contributed by atoms with Crippen LogP contribution in [0.4, 0.5) is 0 Å². The first-order chi connectivity index (χ1) is 8.92. The van der Waals surface area contributed by atoms with Crippen molar-refractivity contribution < 1.29 is 22.0 Å². The highest BCUT2D eigenvalue weighted by molar-refractivity contribution is 7.89. The van der Waals surface area contributed by atoms with Crippen LogP contribution in [-0.2, 0) is 10.0 Å². The van der Waals surface area contributed by atoms with Crippen molar-refractivity contribution in [1.82, 2.24) is 4.72 Å². The SMILES string of the molecule is Cc1ccc(C(C)NS(=O)(=O)c2ccc(C=O)o2)o1. The molecule has 7 heteroatoms. The van der Waals surface area contributed by atoms with Crippen LogP contribution in [-0.4, -0.2) is 14.7 Å². The predicted molar refractivity (Wildman–Crippen MR) is 66.3 cm³/mol. The van der Waals surface area contributed by atoms with Crippen molar-refractivity contribution in [3.8, 4) is 0 Å². The van der Waals surface area contributed by atoms with Crippen LogP contribution in [0, 0.1) is 6.92 Å². The van der Waals surface area contributed by atoms with Crippen molar-refractivity contribution >= 4 is 16.3 Å². The summed E-state index contributed by atoms with van der Waals surface area (Å²) in [6.45, 7) is 3.42. The minimum Gasteiger partial charge on any atom is -0.465 e. The number of furan rings is 2. The Bertz CT molecular complexity index is 683. The summed E-state index contributed by atoms with van der Waals surface area (Å²) < 4.78 is 36.6. The predicted octanol–water partition coefficient (Wildman–Crippen LogP) is 2.03. The Morgan fingerprint density at radius 2 is 1.95 bits per heavy atom. The van der Waals surface area contributed by atoms with E-state index < -0.39 is 16.1 Å². The summed E-state index contributed by atoms with van der Waals surface area (Å²) in [5.74, 6) is 1.16. The maximum absolute atomic E-state index is 12.0. The molecule has 6 nitrogen and oxygen atoms in total. The van der Waals surface area contributed by atoms with Gasteiger partial charge in [0.2, 0.25) is 5.09 Å². The van der Waals surface area contributed by atoms with Crippen LogP contribution < -0.4 is 4.72 Å². The van der Waals surface area contributed by atoms with E-state index >= 15 is 0 Å². The number of carbonyl (C=O) groups is 1. The van der Waals surface area contributed by atoms with E-state index in [0.29, 0.717) is 17.8 Å². The number of aryl methyl sites for hydroxylation is 1. The van der Waals surface area contributed by atoms with Crippen LogP contribution in [0.2, 0.25) is 0 Å². The molecule has 2 rings (SSSR count). The maximum atomic E-state index is 12.0. The molecular weight excluding hydrogens is 270 g/mol. The minimum atomic E-state index is -3.82. The number of nitrogens with one attached hydrogen (secondary N) is 1. The fourth-order valence-electron chi connectivity index (χ4n) is 1.58. The van der Waals surface area contributed by atoms with Crippen LogP contribution in [0.5, 0.6) is 0 Å². The molecule has 2 aromatic heterocycles. The molecule has 0 spiro atoms. The summed E-state index contributed by atoms with van der Waals surface area (Å²) in [5, 5.41) is -0.301. The fourth-order valence-corrected chi connectivity index (χ4v) is 2.73. The topological polar surface area (TPSA) is 89.5 Å². The number of carbonyl (C=O) groups excluding carboxylic acids is 1. The first-order valence-corrected chi connectivity index (χ1v) is 7.04. The number of hydrogen-bond donors (Lipinski definition) is 1. The van der Waals surface area contributed by atoms with E-state index in [0.717, 1.165) is 0 Å². The Hall–Kier alpha value is -1.86. The van der Waals surface area contributed by atoms with Crippen molar-refractivity contribution in [2.75, 3.05) is 0 Å². The van der Waals surface area contributed by atoms with Gasteiger partial charge in [-0.2, -0.15) is 4.72 Å². The highest BCUT2D eigenvalue weighted by Gasteiger charge is 2.23. The molecule has 102 valence electrons. The zero-order valence-corrected chi connectivity index (χ0v) is 11.2. The van der Waals surface area contributed by atoms with Gasteiger partial charge in [-0.15, -0.1) is 0 Å². The summed E-state index contributed by atoms with van der Waals surface area (Å²) in [4.78, 5) is 10.5. The Morgan fingerprint density at radius 1 is 1.21 bits per heavy atom. The van der Waals surface area contributed by atoms with E-state index in [2.05, 4.69) is 4.72 Å². The Labute approximate surface area is 110 Å². The van der Waals surface area contributed by atoms with Gasteiger partial charge in [-0.05, 0) is 38.1 Å². The monoisotopic (exact) mass is 283 g/mol. The maximum Gasteiger partial charge on any atom is 0.274 e.